The lowest BCUT2D eigenvalue weighted by molar-refractivity contribution is 0.0949. The van der Waals surface area contributed by atoms with Crippen LogP contribution >= 0.6 is 0 Å². The molecule has 0 saturated heterocycles. The predicted octanol–water partition coefficient (Wildman–Crippen LogP) is 1.36. The summed E-state index contributed by atoms with van der Waals surface area (Å²) in [4.78, 5) is 12.1. The highest BCUT2D eigenvalue weighted by Gasteiger charge is 2.24. The molecule has 6 nitrogen and oxygen atoms in total. The number of aliphatic hydroxyl groups is 1. The second-order valence-electron chi connectivity index (χ2n) is 4.25. The lowest BCUT2D eigenvalue weighted by Gasteiger charge is -2.03. The van der Waals surface area contributed by atoms with Crippen molar-refractivity contribution < 1.29 is 14.3 Å². The Kier molecular flexibility index (Phi) is 4.23. The molecule has 104 valence electrons. The van der Waals surface area contributed by atoms with Crippen molar-refractivity contribution in [3.8, 4) is 12.0 Å². The van der Waals surface area contributed by atoms with Gasteiger partial charge in [0.2, 0.25) is 5.88 Å². The van der Waals surface area contributed by atoms with Gasteiger partial charge < -0.3 is 14.8 Å². The van der Waals surface area contributed by atoms with Crippen LogP contribution in [0.1, 0.15) is 28.1 Å². The van der Waals surface area contributed by atoms with Gasteiger partial charge in [-0.2, -0.15) is 5.26 Å². The van der Waals surface area contributed by atoms with Crippen LogP contribution < -0.4 is 5.32 Å². The number of rotatable bonds is 5. The smallest absolute Gasteiger partial charge is 0.256 e. The Morgan fingerprint density at radius 2 is 2.20 bits per heavy atom. The van der Waals surface area contributed by atoms with E-state index in [1.54, 1.807) is 36.0 Å². The van der Waals surface area contributed by atoms with Crippen molar-refractivity contribution in [2.24, 2.45) is 0 Å². The summed E-state index contributed by atoms with van der Waals surface area (Å²) in [6.07, 6.45) is 3.95. The van der Waals surface area contributed by atoms with E-state index in [4.69, 9.17) is 9.52 Å². The summed E-state index contributed by atoms with van der Waals surface area (Å²) in [6, 6.07) is 5.63. The van der Waals surface area contributed by atoms with Crippen LogP contribution in [0.4, 0.5) is 0 Å². The fourth-order valence-corrected chi connectivity index (χ4v) is 1.93. The maximum Gasteiger partial charge on any atom is 0.256 e. The Bertz CT molecular complexity index is 635. The molecule has 2 aromatic heterocycles. The molecule has 0 radical (unpaired) electrons. The molecule has 0 bridgehead atoms. The molecule has 0 saturated carbocycles. The molecule has 0 fully saturated rings. The van der Waals surface area contributed by atoms with E-state index in [0.29, 0.717) is 24.6 Å². The van der Waals surface area contributed by atoms with Crippen LogP contribution in [0.5, 0.6) is 0 Å². The van der Waals surface area contributed by atoms with E-state index in [1.807, 2.05) is 6.07 Å². The Morgan fingerprint density at radius 1 is 1.50 bits per heavy atom. The first kappa shape index (κ1) is 13.9. The minimum atomic E-state index is -0.366. The number of hydrogen-bond acceptors (Lipinski definition) is 4. The van der Waals surface area contributed by atoms with Crippen molar-refractivity contribution in [2.75, 3.05) is 13.2 Å². The largest absolute Gasteiger partial charge is 0.443 e. The number of aromatic nitrogens is 1. The number of nitrogens with zero attached hydrogens (tertiary/aromatic N) is 2. The number of nitrogens with one attached hydrogen (secondary N) is 1. The second kappa shape index (κ2) is 6.08. The average Bonchev–Trinajstić information content (AvgIpc) is 3.05. The molecule has 0 aliphatic heterocycles. The van der Waals surface area contributed by atoms with Gasteiger partial charge >= 0.3 is 0 Å². The minimum absolute atomic E-state index is 0.00434. The molecule has 0 aliphatic rings. The number of aryl methyl sites for hydroxylation is 1. The molecule has 1 amide bonds. The summed E-state index contributed by atoms with van der Waals surface area (Å²) in [6.45, 7) is 2.00. The molecule has 0 aromatic carbocycles. The van der Waals surface area contributed by atoms with Gasteiger partial charge in [0.15, 0.2) is 0 Å². The molecule has 2 rings (SSSR count). The normalized spacial score (nSPS) is 10.2. The third-order valence-electron chi connectivity index (χ3n) is 2.86. The van der Waals surface area contributed by atoms with E-state index >= 15 is 0 Å². The van der Waals surface area contributed by atoms with Crippen LogP contribution in [-0.4, -0.2) is 28.7 Å². The van der Waals surface area contributed by atoms with Crippen LogP contribution in [0, 0.1) is 18.3 Å². The second-order valence-corrected chi connectivity index (χ2v) is 4.25. The molecule has 2 aromatic rings. The highest BCUT2D eigenvalue weighted by Crippen LogP contribution is 2.25. The fourth-order valence-electron chi connectivity index (χ4n) is 1.93. The minimum Gasteiger partial charge on any atom is -0.443 e. The van der Waals surface area contributed by atoms with E-state index in [2.05, 4.69) is 5.32 Å². The number of nitriles is 1. The Hall–Kier alpha value is -2.52. The van der Waals surface area contributed by atoms with Crippen LogP contribution in [0.3, 0.4) is 0 Å². The zero-order valence-electron chi connectivity index (χ0n) is 11.1. The molecule has 20 heavy (non-hydrogen) atoms. The molecule has 0 spiro atoms. The summed E-state index contributed by atoms with van der Waals surface area (Å²) >= 11 is 0. The van der Waals surface area contributed by atoms with E-state index in [0.717, 1.165) is 0 Å². The summed E-state index contributed by atoms with van der Waals surface area (Å²) in [7, 11) is 0. The van der Waals surface area contributed by atoms with Gasteiger partial charge in [-0.3, -0.25) is 9.36 Å². The molecule has 0 aliphatic carbocycles. The molecular weight excluding hydrogens is 258 g/mol. The summed E-state index contributed by atoms with van der Waals surface area (Å²) in [5.74, 6) is 0.365. The standard InChI is InChI=1S/C14H15N3O3/c1-10-12(13(19)16-5-4-8-18)11(9-15)14(20-10)17-6-2-3-7-17/h2-3,6-7,18H,4-5,8H2,1H3,(H,16,19). The number of furan rings is 1. The van der Waals surface area contributed by atoms with Gasteiger partial charge in [0, 0.05) is 25.5 Å². The first-order valence-electron chi connectivity index (χ1n) is 6.25. The summed E-state index contributed by atoms with van der Waals surface area (Å²) < 4.78 is 7.19. The lowest BCUT2D eigenvalue weighted by atomic mass is 10.1. The van der Waals surface area contributed by atoms with Gasteiger partial charge in [0.25, 0.3) is 5.91 Å². The van der Waals surface area contributed by atoms with E-state index < -0.39 is 0 Å². The highest BCUT2D eigenvalue weighted by atomic mass is 16.4. The van der Waals surface area contributed by atoms with Crippen LogP contribution in [0.2, 0.25) is 0 Å². The van der Waals surface area contributed by atoms with Crippen molar-refractivity contribution in [3.63, 3.8) is 0 Å². The topological polar surface area (TPSA) is 91.2 Å². The van der Waals surface area contributed by atoms with Gasteiger partial charge in [0.05, 0.1) is 0 Å². The zero-order chi connectivity index (χ0) is 14.5. The van der Waals surface area contributed by atoms with Crippen LogP contribution in [-0.2, 0) is 0 Å². The van der Waals surface area contributed by atoms with Crippen molar-refractivity contribution >= 4 is 5.91 Å². The van der Waals surface area contributed by atoms with Gasteiger partial charge in [-0.15, -0.1) is 0 Å². The molecule has 6 heteroatoms. The van der Waals surface area contributed by atoms with Crippen molar-refractivity contribution in [3.05, 3.63) is 41.4 Å². The first-order chi connectivity index (χ1) is 9.69. The quantitative estimate of drug-likeness (QED) is 0.805. The maximum absolute atomic E-state index is 12.1. The van der Waals surface area contributed by atoms with Crippen molar-refractivity contribution in [1.82, 2.24) is 9.88 Å². The van der Waals surface area contributed by atoms with E-state index in [1.165, 1.54) is 0 Å². The van der Waals surface area contributed by atoms with Crippen molar-refractivity contribution in [1.29, 1.82) is 5.26 Å². The van der Waals surface area contributed by atoms with Crippen molar-refractivity contribution in [2.45, 2.75) is 13.3 Å². The Labute approximate surface area is 116 Å². The number of carbonyl (C=O) groups excluding carboxylic acids is 1. The SMILES string of the molecule is Cc1oc(-n2cccc2)c(C#N)c1C(=O)NCCCO. The predicted molar refractivity (Wildman–Crippen MR) is 71.5 cm³/mol. The van der Waals surface area contributed by atoms with Crippen LogP contribution in [0.15, 0.2) is 28.9 Å². The number of hydrogen-bond donors (Lipinski definition) is 2. The number of amides is 1. The molecule has 0 atom stereocenters. The molecule has 2 heterocycles. The Morgan fingerprint density at radius 3 is 2.80 bits per heavy atom. The van der Waals surface area contributed by atoms with Crippen LogP contribution in [0.25, 0.3) is 5.88 Å². The molecule has 2 N–H and O–H groups in total. The van der Waals surface area contributed by atoms with E-state index in [9.17, 15) is 10.1 Å². The highest BCUT2D eigenvalue weighted by molar-refractivity contribution is 5.98. The number of carbonyl (C=O) groups is 1. The van der Waals surface area contributed by atoms with Gasteiger partial charge in [-0.05, 0) is 25.5 Å². The first-order valence-corrected chi connectivity index (χ1v) is 6.25. The average molecular weight is 273 g/mol. The summed E-state index contributed by atoms with van der Waals surface area (Å²) in [5, 5.41) is 20.7. The van der Waals surface area contributed by atoms with E-state index in [-0.39, 0.29) is 23.6 Å². The third-order valence-corrected chi connectivity index (χ3v) is 2.86. The molecular formula is C14H15N3O3. The Balaban J connectivity index is 2.35. The maximum atomic E-state index is 12.1. The molecule has 0 unspecified atom stereocenters. The lowest BCUT2D eigenvalue weighted by Crippen LogP contribution is -2.26. The van der Waals surface area contributed by atoms with Gasteiger partial charge in [0.1, 0.15) is 23.0 Å². The van der Waals surface area contributed by atoms with Gasteiger partial charge in [-0.25, -0.2) is 0 Å². The monoisotopic (exact) mass is 273 g/mol. The zero-order valence-corrected chi connectivity index (χ0v) is 11.1. The third kappa shape index (κ3) is 2.58. The summed E-state index contributed by atoms with van der Waals surface area (Å²) in [5.41, 5.74) is 0.453. The number of aliphatic hydroxyl groups excluding tert-OH is 1. The fraction of sp³-hybridized carbons (Fsp3) is 0.286. The van der Waals surface area contributed by atoms with Gasteiger partial charge in [-0.1, -0.05) is 0 Å².